The Morgan fingerprint density at radius 1 is 1.15 bits per heavy atom. The topological polar surface area (TPSA) is 91.8 Å². The maximum absolute atomic E-state index is 13.7. The summed E-state index contributed by atoms with van der Waals surface area (Å²) in [5, 5.41) is 1.63. The van der Waals surface area contributed by atoms with Gasteiger partial charge in [-0.25, -0.2) is 10.0 Å². The summed E-state index contributed by atoms with van der Waals surface area (Å²) in [7, 11) is 0. The van der Waals surface area contributed by atoms with Crippen molar-refractivity contribution in [2.75, 3.05) is 36.0 Å². The molecule has 2 aromatic heterocycles. The summed E-state index contributed by atoms with van der Waals surface area (Å²) < 4.78 is 0. The fourth-order valence-electron chi connectivity index (χ4n) is 5.73. The molecule has 0 unspecified atom stereocenters. The van der Waals surface area contributed by atoms with Crippen LogP contribution in [0.1, 0.15) is 55.8 Å². The number of hydrogen-bond donors (Lipinski definition) is 0. The number of hydroxylamine groups is 2. The molecule has 4 aliphatic rings. The Balaban J connectivity index is 1.18. The van der Waals surface area contributed by atoms with E-state index in [4.69, 9.17) is 9.82 Å². The number of pyridine rings is 1. The van der Waals surface area contributed by atoms with E-state index in [1.165, 1.54) is 0 Å². The van der Waals surface area contributed by atoms with Crippen LogP contribution in [0.25, 0.3) is 0 Å². The SMILES string of the molecule is Cc1ccc([C@@H]2CCON2C(=O)[C@@H]2CCN(c3ccnc(N4CCCC4=O)n3)CC23CC3)cn1. The highest BCUT2D eigenvalue weighted by Crippen LogP contribution is 2.57. The van der Waals surface area contributed by atoms with Crippen molar-refractivity contribution in [3.63, 3.8) is 0 Å². The van der Waals surface area contributed by atoms with Gasteiger partial charge in [-0.3, -0.25) is 24.3 Å². The standard InChI is InChI=1S/C25H30N6O3/c1-17-4-5-18(15-27-17)20-8-14-34-31(20)23(33)19-7-13-29(16-25(19)9-10-25)21-6-11-26-24(28-21)30-12-2-3-22(30)32/h4-6,11,15,19-20H,2-3,7-10,12-14,16H2,1H3/t19-,20-/m0/s1. The second-order valence-electron chi connectivity index (χ2n) is 10.0. The molecular formula is C25H30N6O3. The minimum absolute atomic E-state index is 0.0358. The van der Waals surface area contributed by atoms with Crippen LogP contribution in [0.4, 0.5) is 11.8 Å². The van der Waals surface area contributed by atoms with Gasteiger partial charge in [-0.15, -0.1) is 0 Å². The maximum atomic E-state index is 13.7. The molecule has 9 heteroatoms. The highest BCUT2D eigenvalue weighted by Gasteiger charge is 2.57. The zero-order valence-corrected chi connectivity index (χ0v) is 19.5. The Morgan fingerprint density at radius 2 is 2.03 bits per heavy atom. The minimum atomic E-state index is -0.0724. The van der Waals surface area contributed by atoms with E-state index in [0.29, 0.717) is 25.5 Å². The van der Waals surface area contributed by atoms with E-state index in [2.05, 4.69) is 20.9 Å². The summed E-state index contributed by atoms with van der Waals surface area (Å²) in [5.41, 5.74) is 1.96. The van der Waals surface area contributed by atoms with Gasteiger partial charge >= 0.3 is 0 Å². The monoisotopic (exact) mass is 462 g/mol. The van der Waals surface area contributed by atoms with Crippen LogP contribution in [-0.2, 0) is 14.4 Å². The minimum Gasteiger partial charge on any atom is -0.356 e. The first kappa shape index (κ1) is 21.5. The highest BCUT2D eigenvalue weighted by molar-refractivity contribution is 5.93. The molecule has 5 heterocycles. The molecule has 3 aliphatic heterocycles. The average Bonchev–Trinajstić information content (AvgIpc) is 3.23. The van der Waals surface area contributed by atoms with E-state index in [9.17, 15) is 9.59 Å². The van der Waals surface area contributed by atoms with Gasteiger partial charge in [0, 0.05) is 56.5 Å². The predicted octanol–water partition coefficient (Wildman–Crippen LogP) is 2.82. The Morgan fingerprint density at radius 3 is 2.76 bits per heavy atom. The van der Waals surface area contributed by atoms with Gasteiger partial charge in [-0.1, -0.05) is 6.07 Å². The van der Waals surface area contributed by atoms with Crippen molar-refractivity contribution >= 4 is 23.6 Å². The zero-order chi connectivity index (χ0) is 23.3. The van der Waals surface area contributed by atoms with Gasteiger partial charge in [-0.2, -0.15) is 4.98 Å². The van der Waals surface area contributed by atoms with Crippen molar-refractivity contribution in [2.45, 2.75) is 51.5 Å². The van der Waals surface area contributed by atoms with Crippen molar-refractivity contribution in [2.24, 2.45) is 11.3 Å². The van der Waals surface area contributed by atoms with Crippen LogP contribution in [0, 0.1) is 18.3 Å². The fraction of sp³-hybridized carbons (Fsp3) is 0.560. The molecule has 1 aliphatic carbocycles. The van der Waals surface area contributed by atoms with E-state index in [1.807, 2.05) is 25.3 Å². The summed E-state index contributed by atoms with van der Waals surface area (Å²) in [5.74, 6) is 1.46. The number of amides is 2. The van der Waals surface area contributed by atoms with Gasteiger partial charge in [0.15, 0.2) is 0 Å². The van der Waals surface area contributed by atoms with Crippen LogP contribution in [-0.4, -0.2) is 58.1 Å². The molecule has 0 radical (unpaired) electrons. The van der Waals surface area contributed by atoms with E-state index in [0.717, 1.165) is 62.3 Å². The summed E-state index contributed by atoms with van der Waals surface area (Å²) in [4.78, 5) is 49.1. The van der Waals surface area contributed by atoms with Crippen molar-refractivity contribution in [3.8, 4) is 0 Å². The Bertz CT molecular complexity index is 1100. The molecule has 0 N–H and O–H groups in total. The second-order valence-corrected chi connectivity index (χ2v) is 10.0. The summed E-state index contributed by atoms with van der Waals surface area (Å²) in [6, 6.07) is 5.88. The number of carbonyl (C=O) groups is 2. The summed E-state index contributed by atoms with van der Waals surface area (Å²) in [6.45, 7) is 4.73. The molecule has 4 fully saturated rings. The Labute approximate surface area is 199 Å². The molecule has 2 aromatic rings. The first-order valence-electron chi connectivity index (χ1n) is 12.3. The first-order chi connectivity index (χ1) is 16.5. The molecule has 6 rings (SSSR count). The van der Waals surface area contributed by atoms with Gasteiger partial charge in [0.2, 0.25) is 11.9 Å². The van der Waals surface area contributed by atoms with Crippen molar-refractivity contribution in [1.29, 1.82) is 0 Å². The zero-order valence-electron chi connectivity index (χ0n) is 19.5. The third-order valence-corrected chi connectivity index (χ3v) is 7.83. The van der Waals surface area contributed by atoms with Gasteiger partial charge in [0.1, 0.15) is 5.82 Å². The summed E-state index contributed by atoms with van der Waals surface area (Å²) in [6.07, 6.45) is 8.63. The number of carbonyl (C=O) groups excluding carboxylic acids is 2. The van der Waals surface area contributed by atoms with E-state index in [1.54, 1.807) is 16.2 Å². The number of aromatic nitrogens is 3. The van der Waals surface area contributed by atoms with Crippen molar-refractivity contribution in [1.82, 2.24) is 20.0 Å². The summed E-state index contributed by atoms with van der Waals surface area (Å²) >= 11 is 0. The lowest BCUT2D eigenvalue weighted by Crippen LogP contribution is -2.49. The third kappa shape index (κ3) is 3.72. The number of piperidine rings is 1. The van der Waals surface area contributed by atoms with E-state index in [-0.39, 0.29) is 29.2 Å². The van der Waals surface area contributed by atoms with Crippen LogP contribution >= 0.6 is 0 Å². The number of hydrogen-bond acceptors (Lipinski definition) is 7. The molecule has 178 valence electrons. The van der Waals surface area contributed by atoms with Crippen LogP contribution in [0.5, 0.6) is 0 Å². The van der Waals surface area contributed by atoms with Crippen LogP contribution in [0.15, 0.2) is 30.6 Å². The molecule has 1 spiro atoms. The quantitative estimate of drug-likeness (QED) is 0.690. The van der Waals surface area contributed by atoms with Gasteiger partial charge in [0.25, 0.3) is 5.91 Å². The molecule has 2 atom stereocenters. The predicted molar refractivity (Wildman–Crippen MR) is 125 cm³/mol. The molecule has 9 nitrogen and oxygen atoms in total. The van der Waals surface area contributed by atoms with Gasteiger partial charge < -0.3 is 4.90 Å². The number of aryl methyl sites for hydroxylation is 1. The number of nitrogens with zero attached hydrogens (tertiary/aromatic N) is 6. The van der Waals surface area contributed by atoms with Gasteiger partial charge in [-0.05, 0) is 55.7 Å². The van der Waals surface area contributed by atoms with Crippen molar-refractivity contribution < 1.29 is 14.4 Å². The smallest absolute Gasteiger partial charge is 0.250 e. The number of anilines is 2. The number of rotatable bonds is 4. The maximum Gasteiger partial charge on any atom is 0.250 e. The second kappa shape index (κ2) is 8.30. The normalized spacial score (nSPS) is 25.9. The van der Waals surface area contributed by atoms with Crippen molar-refractivity contribution in [3.05, 3.63) is 41.9 Å². The van der Waals surface area contributed by atoms with Gasteiger partial charge in [0.05, 0.1) is 12.6 Å². The molecule has 1 saturated carbocycles. The molecule has 34 heavy (non-hydrogen) atoms. The lowest BCUT2D eigenvalue weighted by atomic mass is 9.81. The Hall–Kier alpha value is -3.07. The average molecular weight is 463 g/mol. The lowest BCUT2D eigenvalue weighted by molar-refractivity contribution is -0.185. The molecule has 3 saturated heterocycles. The van der Waals surface area contributed by atoms with Crippen LogP contribution < -0.4 is 9.80 Å². The van der Waals surface area contributed by atoms with E-state index < -0.39 is 0 Å². The molecular weight excluding hydrogens is 432 g/mol. The van der Waals surface area contributed by atoms with Crippen LogP contribution in [0.3, 0.4) is 0 Å². The third-order valence-electron chi connectivity index (χ3n) is 7.83. The molecule has 0 bridgehead atoms. The van der Waals surface area contributed by atoms with Crippen LogP contribution in [0.2, 0.25) is 0 Å². The van der Waals surface area contributed by atoms with E-state index >= 15 is 0 Å². The first-order valence-corrected chi connectivity index (χ1v) is 12.3. The fourth-order valence-corrected chi connectivity index (χ4v) is 5.73. The Kier molecular flexibility index (Phi) is 5.24. The lowest BCUT2D eigenvalue weighted by Gasteiger charge is -2.40. The highest BCUT2D eigenvalue weighted by atomic mass is 16.7. The molecule has 2 amide bonds. The largest absolute Gasteiger partial charge is 0.356 e. The molecule has 0 aromatic carbocycles.